The summed E-state index contributed by atoms with van der Waals surface area (Å²) in [6.45, 7) is 6.31. The predicted molar refractivity (Wildman–Crippen MR) is 111 cm³/mol. The molecule has 0 fully saturated rings. The first-order valence-electron chi connectivity index (χ1n) is 9.05. The largest absolute Gasteiger partial charge is 0.462 e. The summed E-state index contributed by atoms with van der Waals surface area (Å²) in [4.78, 5) is 39.4. The number of benzene rings is 1. The molecule has 2 aromatic rings. The molecule has 0 aliphatic heterocycles. The van der Waals surface area contributed by atoms with Crippen LogP contribution in [-0.2, 0) is 9.53 Å². The summed E-state index contributed by atoms with van der Waals surface area (Å²) < 4.78 is 5.10. The number of thiophene rings is 1. The van der Waals surface area contributed by atoms with Gasteiger partial charge in [0.15, 0.2) is 0 Å². The topological polar surface area (TPSA) is 87.7 Å². The van der Waals surface area contributed by atoms with E-state index in [4.69, 9.17) is 4.74 Å². The molecule has 28 heavy (non-hydrogen) atoms. The standard InChI is InChI=1S/C20H25N3O4S/c1-5-23(14-10-8-7-9-11-14)12-15(24)22-19-16(20(26)27-6-2)13(3)17(28-19)18(25)21-4/h7-11H,5-6,12H2,1-4H3,(H,21,25)(H,22,24). The summed E-state index contributed by atoms with van der Waals surface area (Å²) >= 11 is 1.07. The van der Waals surface area contributed by atoms with Crippen LogP contribution >= 0.6 is 11.3 Å². The maximum absolute atomic E-state index is 12.6. The lowest BCUT2D eigenvalue weighted by Crippen LogP contribution is -2.33. The number of carbonyl (C=O) groups excluding carboxylic acids is 3. The van der Waals surface area contributed by atoms with E-state index in [-0.39, 0.29) is 30.5 Å². The van der Waals surface area contributed by atoms with Gasteiger partial charge in [-0.25, -0.2) is 4.79 Å². The van der Waals surface area contributed by atoms with Crippen LogP contribution in [0.2, 0.25) is 0 Å². The highest BCUT2D eigenvalue weighted by atomic mass is 32.1. The zero-order chi connectivity index (χ0) is 20.7. The Balaban J connectivity index is 2.27. The van der Waals surface area contributed by atoms with Crippen LogP contribution in [0.5, 0.6) is 0 Å². The monoisotopic (exact) mass is 403 g/mol. The van der Waals surface area contributed by atoms with Crippen LogP contribution in [0, 0.1) is 6.92 Å². The normalized spacial score (nSPS) is 10.3. The number of rotatable bonds is 8. The molecular weight excluding hydrogens is 378 g/mol. The van der Waals surface area contributed by atoms with Gasteiger partial charge in [0.25, 0.3) is 5.91 Å². The Bertz CT molecular complexity index is 849. The van der Waals surface area contributed by atoms with Crippen LogP contribution in [0.1, 0.15) is 39.4 Å². The first kappa shape index (κ1) is 21.4. The minimum absolute atomic E-state index is 0.120. The molecule has 0 atom stereocenters. The van der Waals surface area contributed by atoms with E-state index in [1.807, 2.05) is 42.2 Å². The molecule has 8 heteroatoms. The SMILES string of the molecule is CCOC(=O)c1c(NC(=O)CN(CC)c2ccccc2)sc(C(=O)NC)c1C. The number of nitrogens with one attached hydrogen (secondary N) is 2. The quantitative estimate of drug-likeness (QED) is 0.662. The number of esters is 1. The van der Waals surface area contributed by atoms with E-state index in [9.17, 15) is 14.4 Å². The molecule has 0 bridgehead atoms. The molecule has 2 N–H and O–H groups in total. The van der Waals surface area contributed by atoms with Gasteiger partial charge in [0, 0.05) is 19.3 Å². The van der Waals surface area contributed by atoms with Crippen molar-refractivity contribution in [2.75, 3.05) is 37.0 Å². The summed E-state index contributed by atoms with van der Waals surface area (Å²) in [6, 6.07) is 9.59. The van der Waals surface area contributed by atoms with Gasteiger partial charge in [0.1, 0.15) is 5.00 Å². The summed E-state index contributed by atoms with van der Waals surface area (Å²) in [5.41, 5.74) is 1.65. The number of anilines is 2. The van der Waals surface area contributed by atoms with Crippen molar-refractivity contribution in [3.63, 3.8) is 0 Å². The van der Waals surface area contributed by atoms with Gasteiger partial charge in [-0.2, -0.15) is 0 Å². The number of amides is 2. The van der Waals surface area contributed by atoms with Crippen molar-refractivity contribution >= 4 is 39.8 Å². The number of carbonyl (C=O) groups is 3. The van der Waals surface area contributed by atoms with Crippen LogP contribution in [-0.4, -0.2) is 44.5 Å². The zero-order valence-electron chi connectivity index (χ0n) is 16.5. The van der Waals surface area contributed by atoms with Crippen molar-refractivity contribution in [2.45, 2.75) is 20.8 Å². The Morgan fingerprint density at radius 2 is 1.82 bits per heavy atom. The van der Waals surface area contributed by atoms with Gasteiger partial charge in [-0.05, 0) is 38.5 Å². The average molecular weight is 404 g/mol. The highest BCUT2D eigenvalue weighted by molar-refractivity contribution is 7.18. The van der Waals surface area contributed by atoms with Gasteiger partial charge in [0.05, 0.1) is 23.6 Å². The van der Waals surface area contributed by atoms with E-state index in [1.165, 1.54) is 7.05 Å². The molecule has 0 aliphatic carbocycles. The molecule has 1 aromatic carbocycles. The predicted octanol–water partition coefficient (Wildman–Crippen LogP) is 3.06. The number of ether oxygens (including phenoxy) is 1. The second-order valence-corrected chi connectivity index (χ2v) is 6.98. The third-order valence-electron chi connectivity index (χ3n) is 4.15. The fourth-order valence-corrected chi connectivity index (χ4v) is 3.90. The van der Waals surface area contributed by atoms with E-state index in [2.05, 4.69) is 10.6 Å². The lowest BCUT2D eigenvalue weighted by molar-refractivity contribution is -0.114. The van der Waals surface area contributed by atoms with Crippen LogP contribution in [0.3, 0.4) is 0 Å². The molecule has 1 aromatic heterocycles. The van der Waals surface area contributed by atoms with Crippen LogP contribution in [0.25, 0.3) is 0 Å². The van der Waals surface area contributed by atoms with Crippen molar-refractivity contribution in [3.8, 4) is 0 Å². The van der Waals surface area contributed by atoms with Crippen molar-refractivity contribution < 1.29 is 19.1 Å². The zero-order valence-corrected chi connectivity index (χ0v) is 17.3. The van der Waals surface area contributed by atoms with E-state index >= 15 is 0 Å². The maximum Gasteiger partial charge on any atom is 0.341 e. The van der Waals surface area contributed by atoms with Gasteiger partial charge in [0.2, 0.25) is 5.91 Å². The third-order valence-corrected chi connectivity index (χ3v) is 5.36. The van der Waals surface area contributed by atoms with E-state index in [0.717, 1.165) is 17.0 Å². The van der Waals surface area contributed by atoms with Gasteiger partial charge in [-0.3, -0.25) is 9.59 Å². The number of hydrogen-bond acceptors (Lipinski definition) is 6. The lowest BCUT2D eigenvalue weighted by Gasteiger charge is -2.22. The fourth-order valence-electron chi connectivity index (χ4n) is 2.74. The van der Waals surface area contributed by atoms with Gasteiger partial charge < -0.3 is 20.3 Å². The Morgan fingerprint density at radius 3 is 2.39 bits per heavy atom. The highest BCUT2D eigenvalue weighted by Gasteiger charge is 2.26. The number of likely N-dealkylation sites (N-methyl/N-ethyl adjacent to an activating group) is 1. The van der Waals surface area contributed by atoms with Crippen LogP contribution in [0.4, 0.5) is 10.7 Å². The Labute approximate surface area is 168 Å². The second-order valence-electron chi connectivity index (χ2n) is 5.96. The summed E-state index contributed by atoms with van der Waals surface area (Å²) in [5, 5.41) is 5.65. The molecule has 0 aliphatic rings. The Kier molecular flexibility index (Phi) is 7.57. The highest BCUT2D eigenvalue weighted by Crippen LogP contribution is 2.33. The summed E-state index contributed by atoms with van der Waals surface area (Å²) in [6.07, 6.45) is 0. The number of nitrogens with zero attached hydrogens (tertiary/aromatic N) is 1. The van der Waals surface area contributed by atoms with Crippen molar-refractivity contribution in [3.05, 3.63) is 46.3 Å². The van der Waals surface area contributed by atoms with Gasteiger partial charge >= 0.3 is 5.97 Å². The van der Waals surface area contributed by atoms with E-state index < -0.39 is 5.97 Å². The van der Waals surface area contributed by atoms with Crippen LogP contribution < -0.4 is 15.5 Å². The lowest BCUT2D eigenvalue weighted by atomic mass is 10.1. The minimum atomic E-state index is -0.558. The van der Waals surface area contributed by atoms with Gasteiger partial charge in [-0.15, -0.1) is 11.3 Å². The molecule has 7 nitrogen and oxygen atoms in total. The first-order valence-corrected chi connectivity index (χ1v) is 9.86. The molecule has 2 amide bonds. The van der Waals surface area contributed by atoms with E-state index in [0.29, 0.717) is 22.0 Å². The maximum atomic E-state index is 12.6. The molecule has 2 rings (SSSR count). The second kappa shape index (κ2) is 9.89. The molecule has 1 heterocycles. The smallest absolute Gasteiger partial charge is 0.341 e. The van der Waals surface area contributed by atoms with Crippen LogP contribution in [0.15, 0.2) is 30.3 Å². The fraction of sp³-hybridized carbons (Fsp3) is 0.350. The Hall–Kier alpha value is -2.87. The molecular formula is C20H25N3O4S. The average Bonchev–Trinajstić information content (AvgIpc) is 3.02. The minimum Gasteiger partial charge on any atom is -0.462 e. The number of hydrogen-bond donors (Lipinski definition) is 2. The third kappa shape index (κ3) is 4.89. The van der Waals surface area contributed by atoms with Crippen molar-refractivity contribution in [1.29, 1.82) is 0 Å². The first-order chi connectivity index (χ1) is 13.4. The van der Waals surface area contributed by atoms with Crippen molar-refractivity contribution in [1.82, 2.24) is 5.32 Å². The molecule has 0 saturated heterocycles. The molecule has 0 radical (unpaired) electrons. The number of para-hydroxylation sites is 1. The molecule has 0 saturated carbocycles. The van der Waals surface area contributed by atoms with E-state index in [1.54, 1.807) is 13.8 Å². The van der Waals surface area contributed by atoms with Crippen molar-refractivity contribution in [2.24, 2.45) is 0 Å². The van der Waals surface area contributed by atoms with Gasteiger partial charge in [-0.1, -0.05) is 18.2 Å². The Morgan fingerprint density at radius 1 is 1.14 bits per heavy atom. The molecule has 0 unspecified atom stereocenters. The molecule has 0 spiro atoms. The summed E-state index contributed by atoms with van der Waals surface area (Å²) in [5.74, 6) is -1.15. The molecule has 150 valence electrons. The summed E-state index contributed by atoms with van der Waals surface area (Å²) in [7, 11) is 1.52.